The van der Waals surface area contributed by atoms with Crippen molar-refractivity contribution in [2.45, 2.75) is 58.3 Å². The zero-order chi connectivity index (χ0) is 20.5. The van der Waals surface area contributed by atoms with Crippen molar-refractivity contribution < 1.29 is 19.4 Å². The number of carboxylic acids is 1. The van der Waals surface area contributed by atoms with Crippen molar-refractivity contribution in [3.8, 4) is 11.1 Å². The zero-order valence-corrected chi connectivity index (χ0v) is 17.0. The average Bonchev–Trinajstić information content (AvgIpc) is 2.62. The van der Waals surface area contributed by atoms with Gasteiger partial charge in [-0.3, -0.25) is 9.59 Å². The number of esters is 1. The van der Waals surface area contributed by atoms with Gasteiger partial charge in [0, 0.05) is 0 Å². The number of aryl methyl sites for hydroxylation is 1. The van der Waals surface area contributed by atoms with Crippen LogP contribution in [0.15, 0.2) is 36.4 Å². The molecular formula is C24H28O4. The molecule has 0 bridgehead atoms. The van der Waals surface area contributed by atoms with Crippen LogP contribution in [-0.4, -0.2) is 23.7 Å². The number of aliphatic carboxylic acids is 1. The lowest BCUT2D eigenvalue weighted by Gasteiger charge is -2.37. The van der Waals surface area contributed by atoms with Crippen LogP contribution in [0.2, 0.25) is 0 Å². The number of fused-ring (bicyclic) bond motifs is 1. The number of carbonyl (C=O) groups excluding carboxylic acids is 1. The Kier molecular flexibility index (Phi) is 5.59. The van der Waals surface area contributed by atoms with Gasteiger partial charge in [-0.15, -0.1) is 0 Å². The van der Waals surface area contributed by atoms with E-state index >= 15 is 0 Å². The van der Waals surface area contributed by atoms with Gasteiger partial charge in [-0.2, -0.15) is 0 Å². The summed E-state index contributed by atoms with van der Waals surface area (Å²) in [7, 11) is 0. The second kappa shape index (κ2) is 7.78. The quantitative estimate of drug-likeness (QED) is 0.741. The van der Waals surface area contributed by atoms with E-state index in [1.54, 1.807) is 0 Å². The van der Waals surface area contributed by atoms with E-state index in [1.807, 2.05) is 31.2 Å². The number of hydrogen-bond acceptors (Lipinski definition) is 3. The summed E-state index contributed by atoms with van der Waals surface area (Å²) < 4.78 is 5.32. The largest absolute Gasteiger partial charge is 0.481 e. The molecule has 0 aliphatic heterocycles. The maximum Gasteiger partial charge on any atom is 0.313 e. The van der Waals surface area contributed by atoms with E-state index in [2.05, 4.69) is 32.9 Å². The van der Waals surface area contributed by atoms with E-state index in [0.717, 1.165) is 40.7 Å². The molecule has 1 aliphatic carbocycles. The van der Waals surface area contributed by atoms with Gasteiger partial charge in [0.1, 0.15) is 0 Å². The van der Waals surface area contributed by atoms with E-state index in [1.165, 1.54) is 5.56 Å². The minimum absolute atomic E-state index is 0.00989. The molecule has 1 N–H and O–H groups in total. The van der Waals surface area contributed by atoms with Crippen molar-refractivity contribution in [3.05, 3.63) is 58.7 Å². The van der Waals surface area contributed by atoms with Crippen LogP contribution >= 0.6 is 0 Å². The molecule has 0 aromatic heterocycles. The second-order valence-electron chi connectivity index (χ2n) is 8.25. The first-order valence-electron chi connectivity index (χ1n) is 9.85. The molecule has 0 fully saturated rings. The Morgan fingerprint density at radius 2 is 1.86 bits per heavy atom. The predicted octanol–water partition coefficient (Wildman–Crippen LogP) is 5.01. The van der Waals surface area contributed by atoms with Crippen LogP contribution < -0.4 is 0 Å². The van der Waals surface area contributed by atoms with Crippen molar-refractivity contribution in [3.63, 3.8) is 0 Å². The molecule has 3 rings (SSSR count). The van der Waals surface area contributed by atoms with Crippen molar-refractivity contribution in [1.29, 1.82) is 0 Å². The summed E-state index contributed by atoms with van der Waals surface area (Å²) in [4.78, 5) is 23.4. The zero-order valence-electron chi connectivity index (χ0n) is 17.0. The maximum absolute atomic E-state index is 12.5. The van der Waals surface area contributed by atoms with Crippen molar-refractivity contribution in [2.75, 3.05) is 6.61 Å². The fourth-order valence-electron chi connectivity index (χ4n) is 4.18. The number of hydrogen-bond donors (Lipinski definition) is 1. The number of carboxylic acid groups (broad SMARTS) is 1. The average molecular weight is 380 g/mol. The Balaban J connectivity index is 2.04. The van der Waals surface area contributed by atoms with E-state index in [4.69, 9.17) is 9.84 Å². The first-order chi connectivity index (χ1) is 13.2. The molecular weight excluding hydrogens is 352 g/mol. The van der Waals surface area contributed by atoms with E-state index in [9.17, 15) is 9.59 Å². The highest BCUT2D eigenvalue weighted by molar-refractivity contribution is 5.81. The Labute approximate surface area is 166 Å². The molecule has 0 radical (unpaired) electrons. The third kappa shape index (κ3) is 3.96. The molecule has 148 valence electrons. The third-order valence-electron chi connectivity index (χ3n) is 5.75. The topological polar surface area (TPSA) is 63.6 Å². The standard InChI is InChI=1S/C24H28O4/c1-5-28-23(27)18-10-11-24(3,4)21-14-19(15(2)12-20(18)21)17-8-6-16(7-9-17)13-22(25)26/h6-9,12,14,18H,5,10-11,13H2,1-4H3,(H,25,26). The van der Waals surface area contributed by atoms with Gasteiger partial charge in [0.15, 0.2) is 0 Å². The van der Waals surface area contributed by atoms with Crippen molar-refractivity contribution in [2.24, 2.45) is 0 Å². The molecule has 4 nitrogen and oxygen atoms in total. The summed E-state index contributed by atoms with van der Waals surface area (Å²) in [6, 6.07) is 12.0. The lowest BCUT2D eigenvalue weighted by atomic mass is 9.67. The molecule has 1 unspecified atom stereocenters. The molecule has 1 aliphatic rings. The Hall–Kier alpha value is -2.62. The van der Waals surface area contributed by atoms with E-state index < -0.39 is 5.97 Å². The van der Waals surface area contributed by atoms with Gasteiger partial charge in [-0.1, -0.05) is 50.2 Å². The summed E-state index contributed by atoms with van der Waals surface area (Å²) in [5, 5.41) is 8.96. The monoisotopic (exact) mass is 380 g/mol. The lowest BCUT2D eigenvalue weighted by molar-refractivity contribution is -0.145. The predicted molar refractivity (Wildman–Crippen MR) is 110 cm³/mol. The number of ether oxygens (including phenoxy) is 1. The summed E-state index contributed by atoms with van der Waals surface area (Å²) in [6.45, 7) is 8.75. The summed E-state index contributed by atoms with van der Waals surface area (Å²) in [5.41, 5.74) is 6.35. The highest BCUT2D eigenvalue weighted by atomic mass is 16.5. The Bertz CT molecular complexity index is 894. The third-order valence-corrected chi connectivity index (χ3v) is 5.75. The van der Waals surface area contributed by atoms with E-state index in [0.29, 0.717) is 6.61 Å². The minimum Gasteiger partial charge on any atom is -0.481 e. The highest BCUT2D eigenvalue weighted by Crippen LogP contribution is 2.45. The Morgan fingerprint density at radius 1 is 1.18 bits per heavy atom. The molecule has 0 saturated heterocycles. The van der Waals surface area contributed by atoms with Gasteiger partial charge >= 0.3 is 11.9 Å². The van der Waals surface area contributed by atoms with Crippen LogP contribution in [-0.2, 0) is 26.2 Å². The normalized spacial score (nSPS) is 17.6. The van der Waals surface area contributed by atoms with Crippen LogP contribution in [0.25, 0.3) is 11.1 Å². The van der Waals surface area contributed by atoms with E-state index in [-0.39, 0.29) is 23.7 Å². The molecule has 0 heterocycles. The smallest absolute Gasteiger partial charge is 0.313 e. The molecule has 28 heavy (non-hydrogen) atoms. The van der Waals surface area contributed by atoms with Gasteiger partial charge in [0.05, 0.1) is 18.9 Å². The molecule has 0 amide bonds. The summed E-state index contributed by atoms with van der Waals surface area (Å²) in [5.74, 6) is -1.16. The van der Waals surface area contributed by atoms with Crippen LogP contribution in [0.4, 0.5) is 0 Å². The fourth-order valence-corrected chi connectivity index (χ4v) is 4.18. The molecule has 0 saturated carbocycles. The fraction of sp³-hybridized carbons (Fsp3) is 0.417. The molecule has 4 heteroatoms. The van der Waals surface area contributed by atoms with Crippen LogP contribution in [0.5, 0.6) is 0 Å². The first-order valence-corrected chi connectivity index (χ1v) is 9.85. The maximum atomic E-state index is 12.5. The van der Waals surface area contributed by atoms with Crippen LogP contribution in [0.1, 0.15) is 61.8 Å². The minimum atomic E-state index is -0.829. The molecule has 1 atom stereocenters. The van der Waals surface area contributed by atoms with Crippen LogP contribution in [0, 0.1) is 6.92 Å². The van der Waals surface area contributed by atoms with Crippen molar-refractivity contribution >= 4 is 11.9 Å². The summed E-state index contributed by atoms with van der Waals surface area (Å²) >= 11 is 0. The number of rotatable bonds is 5. The molecule has 0 spiro atoms. The van der Waals surface area contributed by atoms with Gasteiger partial charge < -0.3 is 9.84 Å². The van der Waals surface area contributed by atoms with Gasteiger partial charge in [0.2, 0.25) is 0 Å². The SMILES string of the molecule is CCOC(=O)C1CCC(C)(C)c2cc(-c3ccc(CC(=O)O)cc3)c(C)cc21. The molecule has 2 aromatic carbocycles. The lowest BCUT2D eigenvalue weighted by Crippen LogP contribution is -2.30. The molecule has 2 aromatic rings. The Morgan fingerprint density at radius 3 is 2.46 bits per heavy atom. The summed E-state index contributed by atoms with van der Waals surface area (Å²) in [6.07, 6.45) is 1.77. The van der Waals surface area contributed by atoms with Gasteiger partial charge in [-0.05, 0) is 65.5 Å². The van der Waals surface area contributed by atoms with Crippen LogP contribution in [0.3, 0.4) is 0 Å². The number of carbonyl (C=O) groups is 2. The second-order valence-corrected chi connectivity index (χ2v) is 8.25. The van der Waals surface area contributed by atoms with Crippen molar-refractivity contribution in [1.82, 2.24) is 0 Å². The highest BCUT2D eigenvalue weighted by Gasteiger charge is 2.37. The first kappa shape index (κ1) is 20.1. The van der Waals surface area contributed by atoms with Gasteiger partial charge in [-0.25, -0.2) is 0 Å². The number of benzene rings is 2. The van der Waals surface area contributed by atoms with Gasteiger partial charge in [0.25, 0.3) is 0 Å².